The van der Waals surface area contributed by atoms with E-state index >= 15 is 0 Å². The Labute approximate surface area is 146 Å². The van der Waals surface area contributed by atoms with Crippen molar-refractivity contribution in [3.05, 3.63) is 47.2 Å². The van der Waals surface area contributed by atoms with E-state index in [1.165, 1.54) is 6.07 Å². The zero-order chi connectivity index (χ0) is 17.3. The number of fused-ring (bicyclic) bond motifs is 1. The molecule has 1 atom stereocenters. The highest BCUT2D eigenvalue weighted by Gasteiger charge is 2.22. The molecule has 124 valence electrons. The molecule has 0 amide bonds. The molecule has 1 aromatic heterocycles. The van der Waals surface area contributed by atoms with Crippen LogP contribution in [0.1, 0.15) is 13.3 Å². The van der Waals surface area contributed by atoms with Gasteiger partial charge in [0.1, 0.15) is 21.8 Å². The Morgan fingerprint density at radius 1 is 1.38 bits per heavy atom. The maximum absolute atomic E-state index is 14.0. The summed E-state index contributed by atoms with van der Waals surface area (Å²) in [5.74, 6) is -1.30. The Hall–Kier alpha value is -2.05. The summed E-state index contributed by atoms with van der Waals surface area (Å²) in [6.07, 6.45) is 0.464. The summed E-state index contributed by atoms with van der Waals surface area (Å²) >= 11 is 7.50. The van der Waals surface area contributed by atoms with Crippen LogP contribution in [0.2, 0.25) is 5.02 Å². The fraction of sp³-hybridized carbons (Fsp3) is 0.176. The lowest BCUT2D eigenvalue weighted by Crippen LogP contribution is -2.14. The third-order valence-corrected chi connectivity index (χ3v) is 5.49. The van der Waals surface area contributed by atoms with Gasteiger partial charge in [0, 0.05) is 10.5 Å². The molecule has 24 heavy (non-hydrogen) atoms. The van der Waals surface area contributed by atoms with Gasteiger partial charge < -0.3 is 9.63 Å². The number of thioether (sulfide) groups is 1. The first-order chi connectivity index (χ1) is 11.5. The highest BCUT2D eigenvalue weighted by Crippen LogP contribution is 2.40. The minimum absolute atomic E-state index is 0.285. The smallest absolute Gasteiger partial charge is 0.316 e. The van der Waals surface area contributed by atoms with E-state index in [1.807, 2.05) is 0 Å². The van der Waals surface area contributed by atoms with Crippen LogP contribution in [0, 0.1) is 5.82 Å². The fourth-order valence-electron chi connectivity index (χ4n) is 2.35. The number of carbonyl (C=O) groups is 1. The normalized spacial score (nSPS) is 12.5. The topological polar surface area (TPSA) is 63.3 Å². The molecule has 1 unspecified atom stereocenters. The molecular formula is C17H13ClFNO3S. The van der Waals surface area contributed by atoms with Crippen LogP contribution in [0.15, 0.2) is 45.8 Å². The van der Waals surface area contributed by atoms with Crippen molar-refractivity contribution in [3.63, 3.8) is 0 Å². The van der Waals surface area contributed by atoms with Crippen molar-refractivity contribution in [3.8, 4) is 11.3 Å². The van der Waals surface area contributed by atoms with Gasteiger partial charge in [-0.3, -0.25) is 4.79 Å². The second-order valence-electron chi connectivity index (χ2n) is 5.12. The van der Waals surface area contributed by atoms with Crippen LogP contribution < -0.4 is 0 Å². The Balaban J connectivity index is 2.06. The van der Waals surface area contributed by atoms with Gasteiger partial charge in [0.25, 0.3) is 0 Å². The van der Waals surface area contributed by atoms with E-state index in [1.54, 1.807) is 37.3 Å². The number of hydrogen-bond donors (Lipinski definition) is 1. The number of hydrogen-bond acceptors (Lipinski definition) is 4. The van der Waals surface area contributed by atoms with Gasteiger partial charge >= 0.3 is 5.97 Å². The quantitative estimate of drug-likeness (QED) is 0.626. The van der Waals surface area contributed by atoms with E-state index in [9.17, 15) is 14.3 Å². The number of carboxylic acids is 1. The molecule has 2 aromatic carbocycles. The van der Waals surface area contributed by atoms with Crippen LogP contribution in [-0.2, 0) is 4.79 Å². The molecule has 0 spiro atoms. The first kappa shape index (κ1) is 16.8. The number of aliphatic carboxylic acids is 1. The van der Waals surface area contributed by atoms with Crippen LogP contribution in [0.25, 0.3) is 22.2 Å². The van der Waals surface area contributed by atoms with E-state index in [4.69, 9.17) is 16.1 Å². The van der Waals surface area contributed by atoms with Crippen molar-refractivity contribution in [2.45, 2.75) is 23.5 Å². The third-order valence-electron chi connectivity index (χ3n) is 3.59. The minimum Gasteiger partial charge on any atom is -0.480 e. The molecule has 4 nitrogen and oxygen atoms in total. The van der Waals surface area contributed by atoms with Crippen molar-refractivity contribution in [2.75, 3.05) is 0 Å². The molecule has 7 heteroatoms. The zero-order valence-corrected chi connectivity index (χ0v) is 14.2. The maximum atomic E-state index is 14.0. The summed E-state index contributed by atoms with van der Waals surface area (Å²) in [4.78, 5) is 11.8. The summed E-state index contributed by atoms with van der Waals surface area (Å²) in [7, 11) is 0. The second-order valence-corrected chi connectivity index (χ2v) is 6.74. The van der Waals surface area contributed by atoms with Gasteiger partial charge in [-0.15, -0.1) is 11.8 Å². The largest absolute Gasteiger partial charge is 0.480 e. The highest BCUT2D eigenvalue weighted by atomic mass is 35.5. The predicted octanol–water partition coefficient (Wildman–Crippen LogP) is 5.24. The molecule has 3 aromatic rings. The number of nitrogens with zero attached hydrogens (tertiary/aromatic N) is 1. The molecule has 1 heterocycles. The van der Waals surface area contributed by atoms with Crippen molar-refractivity contribution < 1.29 is 18.8 Å². The van der Waals surface area contributed by atoms with E-state index in [2.05, 4.69) is 5.16 Å². The number of carboxylic acid groups (broad SMARTS) is 1. The van der Waals surface area contributed by atoms with Crippen LogP contribution >= 0.6 is 23.4 Å². The molecule has 0 aliphatic rings. The van der Waals surface area contributed by atoms with Crippen molar-refractivity contribution in [1.29, 1.82) is 0 Å². The molecule has 0 fully saturated rings. The lowest BCUT2D eigenvalue weighted by molar-refractivity contribution is -0.136. The molecule has 0 saturated carbocycles. The molecule has 0 bridgehead atoms. The third kappa shape index (κ3) is 2.99. The van der Waals surface area contributed by atoms with E-state index in [0.717, 1.165) is 11.8 Å². The summed E-state index contributed by atoms with van der Waals surface area (Å²) in [5.41, 5.74) is 1.01. The Morgan fingerprint density at radius 3 is 2.79 bits per heavy atom. The Morgan fingerprint density at radius 2 is 2.12 bits per heavy atom. The lowest BCUT2D eigenvalue weighted by atomic mass is 10.1. The van der Waals surface area contributed by atoms with Crippen molar-refractivity contribution in [1.82, 2.24) is 5.16 Å². The van der Waals surface area contributed by atoms with Crippen LogP contribution in [-0.4, -0.2) is 21.5 Å². The van der Waals surface area contributed by atoms with Gasteiger partial charge in [0.2, 0.25) is 0 Å². The monoisotopic (exact) mass is 365 g/mol. The van der Waals surface area contributed by atoms with Crippen LogP contribution in [0.3, 0.4) is 0 Å². The van der Waals surface area contributed by atoms with E-state index in [0.29, 0.717) is 33.5 Å². The van der Waals surface area contributed by atoms with Crippen LogP contribution in [0.4, 0.5) is 4.39 Å². The van der Waals surface area contributed by atoms with Crippen molar-refractivity contribution in [2.24, 2.45) is 0 Å². The number of aromatic nitrogens is 1. The average Bonchev–Trinajstić information content (AvgIpc) is 2.99. The number of halogens is 2. The average molecular weight is 366 g/mol. The molecule has 0 aliphatic heterocycles. The van der Waals surface area contributed by atoms with Gasteiger partial charge in [-0.25, -0.2) is 4.39 Å². The summed E-state index contributed by atoms with van der Waals surface area (Å²) in [6, 6.07) is 9.70. The zero-order valence-electron chi connectivity index (χ0n) is 12.6. The predicted molar refractivity (Wildman–Crippen MR) is 92.0 cm³/mol. The Kier molecular flexibility index (Phi) is 4.78. The summed E-state index contributed by atoms with van der Waals surface area (Å²) < 4.78 is 19.3. The van der Waals surface area contributed by atoms with E-state index in [-0.39, 0.29) is 5.02 Å². The SMILES string of the molecule is CCC(Sc1ccc2c(-c3ccccc3F)noc2c1Cl)C(=O)O. The standard InChI is InChI=1S/C17H13ClFNO3S/c1-2-12(17(21)22)24-13-8-7-10-15(20-23-16(10)14(13)18)9-5-3-4-6-11(9)19/h3-8,12H,2H2,1H3,(H,21,22). The Bertz CT molecular complexity index is 912. The highest BCUT2D eigenvalue weighted by molar-refractivity contribution is 8.00. The molecule has 0 aliphatic carbocycles. The van der Waals surface area contributed by atoms with Gasteiger partial charge in [-0.1, -0.05) is 35.8 Å². The fourth-order valence-corrected chi connectivity index (χ4v) is 3.60. The van der Waals surface area contributed by atoms with Gasteiger partial charge in [0.05, 0.1) is 5.39 Å². The van der Waals surface area contributed by atoms with Gasteiger partial charge in [0.15, 0.2) is 5.58 Å². The number of benzene rings is 2. The van der Waals surface area contributed by atoms with Gasteiger partial charge in [-0.05, 0) is 30.7 Å². The molecule has 0 radical (unpaired) electrons. The van der Waals surface area contributed by atoms with Crippen LogP contribution in [0.5, 0.6) is 0 Å². The first-order valence-corrected chi connectivity index (χ1v) is 8.51. The lowest BCUT2D eigenvalue weighted by Gasteiger charge is -2.10. The maximum Gasteiger partial charge on any atom is 0.316 e. The summed E-state index contributed by atoms with van der Waals surface area (Å²) in [5, 5.41) is 13.4. The molecule has 3 rings (SSSR count). The van der Waals surface area contributed by atoms with Crippen molar-refractivity contribution >= 4 is 40.3 Å². The molecule has 0 saturated heterocycles. The number of rotatable bonds is 5. The summed E-state index contributed by atoms with van der Waals surface area (Å²) in [6.45, 7) is 1.79. The molecule has 1 N–H and O–H groups in total. The second kappa shape index (κ2) is 6.83. The van der Waals surface area contributed by atoms with Gasteiger partial charge in [-0.2, -0.15) is 0 Å². The first-order valence-electron chi connectivity index (χ1n) is 7.25. The molecular weight excluding hydrogens is 353 g/mol. The van der Waals surface area contributed by atoms with E-state index < -0.39 is 17.0 Å². The minimum atomic E-state index is -0.900.